The Balaban J connectivity index is 1.56. The van der Waals surface area contributed by atoms with Crippen LogP contribution in [0.1, 0.15) is 25.0 Å². The van der Waals surface area contributed by atoms with Crippen molar-refractivity contribution in [1.29, 1.82) is 0 Å². The largest absolute Gasteiger partial charge is 0.468 e. The second-order valence-electron chi connectivity index (χ2n) is 5.23. The number of hydrogen-bond donors (Lipinski definition) is 2. The summed E-state index contributed by atoms with van der Waals surface area (Å²) in [6.07, 6.45) is 5.05. The van der Waals surface area contributed by atoms with Crippen LogP contribution in [0.3, 0.4) is 0 Å². The molecule has 1 aromatic rings. The van der Waals surface area contributed by atoms with Crippen LogP contribution in [-0.4, -0.2) is 41.3 Å². The summed E-state index contributed by atoms with van der Waals surface area (Å²) in [5.41, 5.74) is 0. The molecule has 2 fully saturated rings. The SMILES string of the molecule is OC1CNC(CN(Cc2ccco2)C2CC2)C1. The zero-order valence-corrected chi connectivity index (χ0v) is 10.0. The van der Waals surface area contributed by atoms with Gasteiger partial charge in [0.05, 0.1) is 18.9 Å². The number of aliphatic hydroxyl groups is 1. The smallest absolute Gasteiger partial charge is 0.117 e. The summed E-state index contributed by atoms with van der Waals surface area (Å²) >= 11 is 0. The number of nitrogens with one attached hydrogen (secondary N) is 1. The van der Waals surface area contributed by atoms with E-state index in [1.54, 1.807) is 6.26 Å². The van der Waals surface area contributed by atoms with E-state index >= 15 is 0 Å². The minimum absolute atomic E-state index is 0.162. The monoisotopic (exact) mass is 236 g/mol. The summed E-state index contributed by atoms with van der Waals surface area (Å²) in [5.74, 6) is 1.04. The summed E-state index contributed by atoms with van der Waals surface area (Å²) < 4.78 is 5.42. The molecule has 0 spiro atoms. The average molecular weight is 236 g/mol. The lowest BCUT2D eigenvalue weighted by atomic mass is 10.2. The van der Waals surface area contributed by atoms with Crippen molar-refractivity contribution >= 4 is 0 Å². The number of furan rings is 1. The quantitative estimate of drug-likeness (QED) is 0.799. The Morgan fingerprint density at radius 3 is 2.94 bits per heavy atom. The first-order valence-corrected chi connectivity index (χ1v) is 6.49. The Labute approximate surface area is 102 Å². The molecule has 1 aliphatic carbocycles. The van der Waals surface area contributed by atoms with Gasteiger partial charge in [-0.2, -0.15) is 0 Å². The van der Waals surface area contributed by atoms with Crippen molar-refractivity contribution in [2.24, 2.45) is 0 Å². The Kier molecular flexibility index (Phi) is 3.18. The van der Waals surface area contributed by atoms with E-state index in [9.17, 15) is 5.11 Å². The van der Waals surface area contributed by atoms with Gasteiger partial charge in [0.25, 0.3) is 0 Å². The molecule has 3 rings (SSSR count). The normalized spacial score (nSPS) is 29.1. The van der Waals surface area contributed by atoms with Crippen LogP contribution >= 0.6 is 0 Å². The van der Waals surface area contributed by atoms with Gasteiger partial charge in [-0.3, -0.25) is 4.90 Å². The summed E-state index contributed by atoms with van der Waals surface area (Å²) in [7, 11) is 0. The van der Waals surface area contributed by atoms with E-state index in [0.29, 0.717) is 6.04 Å². The Morgan fingerprint density at radius 2 is 2.35 bits per heavy atom. The number of rotatable bonds is 5. The molecule has 0 amide bonds. The fourth-order valence-electron chi connectivity index (χ4n) is 2.61. The highest BCUT2D eigenvalue weighted by Crippen LogP contribution is 2.29. The van der Waals surface area contributed by atoms with Crippen molar-refractivity contribution in [3.8, 4) is 0 Å². The van der Waals surface area contributed by atoms with Crippen molar-refractivity contribution in [2.45, 2.75) is 44.0 Å². The van der Waals surface area contributed by atoms with Crippen molar-refractivity contribution < 1.29 is 9.52 Å². The second kappa shape index (κ2) is 4.80. The molecule has 94 valence electrons. The van der Waals surface area contributed by atoms with Gasteiger partial charge in [-0.25, -0.2) is 0 Å². The van der Waals surface area contributed by atoms with E-state index in [0.717, 1.165) is 37.9 Å². The first kappa shape index (κ1) is 11.3. The number of aliphatic hydroxyl groups excluding tert-OH is 1. The van der Waals surface area contributed by atoms with Gasteiger partial charge in [0.2, 0.25) is 0 Å². The molecule has 2 aliphatic rings. The van der Waals surface area contributed by atoms with Gasteiger partial charge in [-0.05, 0) is 31.4 Å². The lowest BCUT2D eigenvalue weighted by molar-refractivity contribution is 0.180. The second-order valence-corrected chi connectivity index (χ2v) is 5.23. The standard InChI is InChI=1S/C13H20N2O2/c16-12-6-10(14-7-12)8-15(11-3-4-11)9-13-2-1-5-17-13/h1-2,5,10-12,14,16H,3-4,6-9H2. The van der Waals surface area contributed by atoms with Crippen LogP contribution in [-0.2, 0) is 6.54 Å². The van der Waals surface area contributed by atoms with Crippen LogP contribution in [0.15, 0.2) is 22.8 Å². The van der Waals surface area contributed by atoms with Gasteiger partial charge >= 0.3 is 0 Å². The van der Waals surface area contributed by atoms with Gasteiger partial charge < -0.3 is 14.8 Å². The Morgan fingerprint density at radius 1 is 1.47 bits per heavy atom. The lowest BCUT2D eigenvalue weighted by Gasteiger charge is -2.24. The predicted molar refractivity (Wildman–Crippen MR) is 64.6 cm³/mol. The van der Waals surface area contributed by atoms with Gasteiger partial charge in [-0.15, -0.1) is 0 Å². The number of hydrogen-bond acceptors (Lipinski definition) is 4. The summed E-state index contributed by atoms with van der Waals surface area (Å²) in [6, 6.07) is 5.13. The molecule has 4 nitrogen and oxygen atoms in total. The molecule has 1 aromatic heterocycles. The fourth-order valence-corrected chi connectivity index (χ4v) is 2.61. The zero-order chi connectivity index (χ0) is 11.7. The van der Waals surface area contributed by atoms with Crippen molar-refractivity contribution in [3.05, 3.63) is 24.2 Å². The first-order valence-electron chi connectivity index (χ1n) is 6.49. The first-order chi connectivity index (χ1) is 8.31. The van der Waals surface area contributed by atoms with Crippen LogP contribution in [0.4, 0.5) is 0 Å². The minimum atomic E-state index is -0.162. The molecule has 4 heteroatoms. The molecule has 1 aliphatic heterocycles. The maximum Gasteiger partial charge on any atom is 0.117 e. The number of β-amino-alcohol motifs (C(OH)–C–C–N with tert-alkyl or cyclic N) is 1. The Hall–Kier alpha value is -0.840. The predicted octanol–water partition coefficient (Wildman–Crippen LogP) is 0.967. The van der Waals surface area contributed by atoms with Gasteiger partial charge in [0.15, 0.2) is 0 Å². The average Bonchev–Trinajstić information content (AvgIpc) is 2.89. The molecule has 2 heterocycles. The third kappa shape index (κ3) is 2.89. The van der Waals surface area contributed by atoms with Crippen molar-refractivity contribution in [1.82, 2.24) is 10.2 Å². The molecule has 1 saturated carbocycles. The lowest BCUT2D eigenvalue weighted by Crippen LogP contribution is -2.38. The van der Waals surface area contributed by atoms with Crippen molar-refractivity contribution in [3.63, 3.8) is 0 Å². The molecule has 2 atom stereocenters. The molecule has 0 bridgehead atoms. The minimum Gasteiger partial charge on any atom is -0.468 e. The molecule has 2 unspecified atom stereocenters. The molecule has 0 radical (unpaired) electrons. The highest BCUT2D eigenvalue weighted by atomic mass is 16.3. The molecular weight excluding hydrogens is 216 g/mol. The van der Waals surface area contributed by atoms with E-state index in [4.69, 9.17) is 4.42 Å². The molecular formula is C13H20N2O2. The third-order valence-electron chi connectivity index (χ3n) is 3.66. The van der Waals surface area contributed by atoms with Crippen LogP contribution in [0.25, 0.3) is 0 Å². The maximum atomic E-state index is 9.52. The topological polar surface area (TPSA) is 48.6 Å². The van der Waals surface area contributed by atoms with E-state index in [2.05, 4.69) is 10.2 Å². The van der Waals surface area contributed by atoms with E-state index in [-0.39, 0.29) is 6.10 Å². The van der Waals surface area contributed by atoms with Crippen LogP contribution < -0.4 is 5.32 Å². The maximum absolute atomic E-state index is 9.52. The van der Waals surface area contributed by atoms with Gasteiger partial charge in [0.1, 0.15) is 5.76 Å². The summed E-state index contributed by atoms with van der Waals surface area (Å²) in [4.78, 5) is 2.48. The highest BCUT2D eigenvalue weighted by Gasteiger charge is 2.33. The van der Waals surface area contributed by atoms with E-state index in [1.807, 2.05) is 12.1 Å². The molecule has 0 aromatic carbocycles. The fraction of sp³-hybridized carbons (Fsp3) is 0.692. The third-order valence-corrected chi connectivity index (χ3v) is 3.66. The van der Waals surface area contributed by atoms with Gasteiger partial charge in [-0.1, -0.05) is 0 Å². The van der Waals surface area contributed by atoms with E-state index < -0.39 is 0 Å². The zero-order valence-electron chi connectivity index (χ0n) is 10.0. The van der Waals surface area contributed by atoms with Crippen LogP contribution in [0.5, 0.6) is 0 Å². The molecule has 17 heavy (non-hydrogen) atoms. The van der Waals surface area contributed by atoms with E-state index in [1.165, 1.54) is 12.8 Å². The van der Waals surface area contributed by atoms with Crippen molar-refractivity contribution in [2.75, 3.05) is 13.1 Å². The number of nitrogens with zero attached hydrogens (tertiary/aromatic N) is 1. The summed E-state index contributed by atoms with van der Waals surface area (Å²) in [6.45, 7) is 2.65. The molecule has 1 saturated heterocycles. The van der Waals surface area contributed by atoms with Crippen LogP contribution in [0, 0.1) is 0 Å². The highest BCUT2D eigenvalue weighted by molar-refractivity contribution is 5.00. The molecule has 2 N–H and O–H groups in total. The Bertz CT molecular complexity index is 348. The van der Waals surface area contributed by atoms with Crippen LogP contribution in [0.2, 0.25) is 0 Å². The van der Waals surface area contributed by atoms with Gasteiger partial charge in [0, 0.05) is 25.2 Å². The summed E-state index contributed by atoms with van der Waals surface area (Å²) in [5, 5.41) is 12.9.